The van der Waals surface area contributed by atoms with Gasteiger partial charge in [-0.3, -0.25) is 0 Å². The van der Waals surface area contributed by atoms with Crippen molar-refractivity contribution in [1.29, 1.82) is 0 Å². The highest BCUT2D eigenvalue weighted by molar-refractivity contribution is 6.55. The molecule has 6 heteroatoms. The van der Waals surface area contributed by atoms with Gasteiger partial charge >= 0.3 is 0 Å². The summed E-state index contributed by atoms with van der Waals surface area (Å²) in [6, 6.07) is 0. The number of halogens is 6. The van der Waals surface area contributed by atoms with Gasteiger partial charge in [-0.05, 0) is 0 Å². The minimum absolute atomic E-state index is 0.116. The molecule has 0 bridgehead atoms. The molecule has 82 valence electrons. The van der Waals surface area contributed by atoms with Crippen LogP contribution in [-0.4, -0.2) is 0 Å². The lowest BCUT2D eigenvalue weighted by Crippen LogP contribution is -1.92. The molecule has 0 aliphatic carbocycles. The topological polar surface area (TPSA) is 0 Å². The molecule has 1 atom stereocenters. The van der Waals surface area contributed by atoms with Crippen LogP contribution in [0.3, 0.4) is 0 Å². The van der Waals surface area contributed by atoms with Gasteiger partial charge in [0.25, 0.3) is 0 Å². The average Bonchev–Trinajstić information content (AvgIpc) is 2.23. The van der Waals surface area contributed by atoms with Crippen molar-refractivity contribution in [3.8, 4) is 0 Å². The first kappa shape index (κ1) is 13.8. The third-order valence-corrected chi connectivity index (χ3v) is 4.43. The van der Waals surface area contributed by atoms with E-state index in [1.165, 1.54) is 6.08 Å². The van der Waals surface area contributed by atoms with E-state index in [-0.39, 0.29) is 25.1 Å². The molecule has 0 aliphatic rings. The lowest BCUT2D eigenvalue weighted by molar-refractivity contribution is 1.22. The number of alkyl halides is 1. The second-order valence-corrected chi connectivity index (χ2v) is 4.98. The molecule has 0 saturated heterocycles. The zero-order valence-electron chi connectivity index (χ0n) is 7.13. The maximum atomic E-state index is 5.96. The molecule has 0 amide bonds. The molecular formula is C9H4Cl6. The smallest absolute Gasteiger partial charge is 0.0809 e. The van der Waals surface area contributed by atoms with E-state index in [9.17, 15) is 0 Å². The highest BCUT2D eigenvalue weighted by atomic mass is 35.5. The molecule has 0 aromatic heterocycles. The van der Waals surface area contributed by atoms with E-state index < -0.39 is 5.38 Å². The summed E-state index contributed by atoms with van der Waals surface area (Å²) < 4.78 is 0. The van der Waals surface area contributed by atoms with Crippen molar-refractivity contribution < 1.29 is 0 Å². The Balaban J connectivity index is 3.59. The van der Waals surface area contributed by atoms with Crippen LogP contribution in [0.4, 0.5) is 0 Å². The van der Waals surface area contributed by atoms with Crippen molar-refractivity contribution in [2.45, 2.75) is 5.38 Å². The fourth-order valence-corrected chi connectivity index (χ4v) is 2.70. The first-order valence-electron chi connectivity index (χ1n) is 3.69. The van der Waals surface area contributed by atoms with Crippen molar-refractivity contribution >= 4 is 69.6 Å². The Morgan fingerprint density at radius 2 is 1.13 bits per heavy atom. The molecule has 1 aromatic carbocycles. The summed E-state index contributed by atoms with van der Waals surface area (Å²) >= 11 is 35.4. The van der Waals surface area contributed by atoms with Crippen LogP contribution in [0, 0.1) is 0 Å². The summed E-state index contributed by atoms with van der Waals surface area (Å²) in [5.74, 6) is 0. The van der Waals surface area contributed by atoms with Crippen LogP contribution in [0.5, 0.6) is 0 Å². The Labute approximate surface area is 118 Å². The number of allylic oxidation sites excluding steroid dienone is 1. The Kier molecular flexibility index (Phi) is 4.91. The molecule has 15 heavy (non-hydrogen) atoms. The van der Waals surface area contributed by atoms with Gasteiger partial charge in [-0.15, -0.1) is 18.2 Å². The summed E-state index contributed by atoms with van der Waals surface area (Å²) in [7, 11) is 0. The van der Waals surface area contributed by atoms with Crippen LogP contribution in [0.2, 0.25) is 25.1 Å². The molecular weight excluding hydrogens is 321 g/mol. The highest BCUT2D eigenvalue weighted by Gasteiger charge is 2.22. The fraction of sp³-hybridized carbons (Fsp3) is 0.111. The van der Waals surface area contributed by atoms with Crippen LogP contribution in [0.1, 0.15) is 10.9 Å². The second-order valence-electron chi connectivity index (χ2n) is 2.62. The molecule has 0 N–H and O–H groups in total. The molecule has 1 rings (SSSR count). The van der Waals surface area contributed by atoms with Crippen LogP contribution < -0.4 is 0 Å². The van der Waals surface area contributed by atoms with Gasteiger partial charge < -0.3 is 0 Å². The van der Waals surface area contributed by atoms with Crippen molar-refractivity contribution in [3.05, 3.63) is 43.3 Å². The van der Waals surface area contributed by atoms with E-state index in [1.54, 1.807) is 0 Å². The summed E-state index contributed by atoms with van der Waals surface area (Å²) in [4.78, 5) is 0. The maximum Gasteiger partial charge on any atom is 0.0809 e. The number of hydrogen-bond donors (Lipinski definition) is 0. The van der Waals surface area contributed by atoms with Gasteiger partial charge in [0, 0.05) is 5.56 Å². The molecule has 0 saturated carbocycles. The number of rotatable bonds is 2. The zero-order valence-corrected chi connectivity index (χ0v) is 11.7. The van der Waals surface area contributed by atoms with E-state index in [1.807, 2.05) is 0 Å². The van der Waals surface area contributed by atoms with Gasteiger partial charge in [0.2, 0.25) is 0 Å². The average molecular weight is 325 g/mol. The quantitative estimate of drug-likeness (QED) is 0.255. The van der Waals surface area contributed by atoms with E-state index >= 15 is 0 Å². The largest absolute Gasteiger partial charge is 0.113 e. The lowest BCUT2D eigenvalue weighted by Gasteiger charge is -2.14. The zero-order chi connectivity index (χ0) is 11.7. The van der Waals surface area contributed by atoms with Gasteiger partial charge in [0.15, 0.2) is 0 Å². The minimum Gasteiger partial charge on any atom is -0.113 e. The van der Waals surface area contributed by atoms with E-state index in [2.05, 4.69) is 6.58 Å². The van der Waals surface area contributed by atoms with Gasteiger partial charge in [-0.2, -0.15) is 0 Å². The predicted molar refractivity (Wildman–Crippen MR) is 70.3 cm³/mol. The van der Waals surface area contributed by atoms with Crippen LogP contribution in [-0.2, 0) is 0 Å². The number of hydrogen-bond acceptors (Lipinski definition) is 0. The molecule has 1 unspecified atom stereocenters. The Bertz CT molecular complexity index is 383. The van der Waals surface area contributed by atoms with E-state index in [4.69, 9.17) is 69.6 Å². The molecule has 0 spiro atoms. The summed E-state index contributed by atoms with van der Waals surface area (Å²) in [5, 5.41) is 0.194. The number of benzene rings is 1. The van der Waals surface area contributed by atoms with Gasteiger partial charge in [0.05, 0.1) is 30.5 Å². The molecule has 1 aromatic rings. The first-order valence-corrected chi connectivity index (χ1v) is 6.02. The van der Waals surface area contributed by atoms with Crippen molar-refractivity contribution in [3.63, 3.8) is 0 Å². The molecule has 0 fully saturated rings. The molecule has 0 aliphatic heterocycles. The van der Waals surface area contributed by atoms with Crippen LogP contribution in [0.25, 0.3) is 0 Å². The minimum atomic E-state index is -0.572. The lowest BCUT2D eigenvalue weighted by atomic mass is 10.1. The van der Waals surface area contributed by atoms with Gasteiger partial charge in [0.1, 0.15) is 0 Å². The van der Waals surface area contributed by atoms with Crippen molar-refractivity contribution in [1.82, 2.24) is 0 Å². The monoisotopic (exact) mass is 322 g/mol. The predicted octanol–water partition coefficient (Wildman–Crippen LogP) is 6.42. The van der Waals surface area contributed by atoms with Gasteiger partial charge in [-0.25, -0.2) is 0 Å². The highest BCUT2D eigenvalue weighted by Crippen LogP contribution is 2.47. The molecule has 0 nitrogen and oxygen atoms in total. The Morgan fingerprint density at radius 1 is 0.800 bits per heavy atom. The second kappa shape index (κ2) is 5.35. The van der Waals surface area contributed by atoms with Gasteiger partial charge in [-0.1, -0.05) is 64.1 Å². The Morgan fingerprint density at radius 3 is 1.47 bits per heavy atom. The maximum absolute atomic E-state index is 5.96. The van der Waals surface area contributed by atoms with Crippen LogP contribution >= 0.6 is 69.6 Å². The van der Waals surface area contributed by atoms with E-state index in [0.717, 1.165) is 0 Å². The third-order valence-electron chi connectivity index (χ3n) is 1.73. The van der Waals surface area contributed by atoms with Crippen molar-refractivity contribution in [2.75, 3.05) is 0 Å². The summed E-state index contributed by atoms with van der Waals surface area (Å²) in [5.41, 5.74) is 0.411. The standard InChI is InChI=1S/C9H4Cl6/c1-2-3(10)4-5(11)7(13)9(15)8(14)6(4)12/h2-3H,1H2. The first-order chi connectivity index (χ1) is 6.91. The van der Waals surface area contributed by atoms with Crippen LogP contribution in [0.15, 0.2) is 12.7 Å². The molecule has 0 heterocycles. The molecule has 0 radical (unpaired) electrons. The fourth-order valence-electron chi connectivity index (χ4n) is 0.982. The Hall–Kier alpha value is 0.700. The normalized spacial score (nSPS) is 12.7. The summed E-state index contributed by atoms with van der Waals surface area (Å²) in [6.45, 7) is 3.53. The third kappa shape index (κ3) is 2.52. The SMILES string of the molecule is C=CC(Cl)c1c(Cl)c(Cl)c(Cl)c(Cl)c1Cl. The van der Waals surface area contributed by atoms with E-state index in [0.29, 0.717) is 5.56 Å². The van der Waals surface area contributed by atoms with Crippen molar-refractivity contribution in [2.24, 2.45) is 0 Å². The summed E-state index contributed by atoms with van der Waals surface area (Å²) in [6.07, 6.45) is 1.47.